The second kappa shape index (κ2) is 7.99. The molecule has 1 aromatic rings. The number of carbonyl (C=O) groups is 3. The Morgan fingerprint density at radius 2 is 1.85 bits per heavy atom. The van der Waals surface area contributed by atoms with Gasteiger partial charge in [0.25, 0.3) is 11.8 Å². The zero-order valence-corrected chi connectivity index (χ0v) is 15.5. The van der Waals surface area contributed by atoms with Gasteiger partial charge in [0.1, 0.15) is 0 Å². The van der Waals surface area contributed by atoms with Gasteiger partial charge in [-0.3, -0.25) is 19.3 Å². The number of likely N-dealkylation sites (tertiary alicyclic amines) is 1. The molecule has 1 saturated heterocycles. The van der Waals surface area contributed by atoms with Gasteiger partial charge in [-0.25, -0.2) is 0 Å². The fourth-order valence-electron chi connectivity index (χ4n) is 3.74. The molecule has 0 aromatic heterocycles. The number of hydrogen-bond donors (Lipinski definition) is 1. The zero-order chi connectivity index (χ0) is 18.7. The Bertz CT molecular complexity index is 666. The lowest BCUT2D eigenvalue weighted by Crippen LogP contribution is -2.44. The molecule has 0 aliphatic carbocycles. The Kier molecular flexibility index (Phi) is 5.71. The van der Waals surface area contributed by atoms with Crippen LogP contribution < -0.4 is 5.32 Å². The third-order valence-electron chi connectivity index (χ3n) is 5.31. The molecule has 3 amide bonds. The van der Waals surface area contributed by atoms with E-state index in [1.165, 1.54) is 4.90 Å². The van der Waals surface area contributed by atoms with Gasteiger partial charge in [0, 0.05) is 32.1 Å². The van der Waals surface area contributed by atoms with Crippen LogP contribution in [-0.2, 0) is 4.79 Å². The van der Waals surface area contributed by atoms with E-state index >= 15 is 0 Å². The Hall–Kier alpha value is -2.21. The van der Waals surface area contributed by atoms with Gasteiger partial charge in [0.05, 0.1) is 11.1 Å². The van der Waals surface area contributed by atoms with Gasteiger partial charge in [0.2, 0.25) is 5.91 Å². The van der Waals surface area contributed by atoms with Gasteiger partial charge < -0.3 is 10.2 Å². The van der Waals surface area contributed by atoms with Gasteiger partial charge in [-0.1, -0.05) is 12.1 Å². The summed E-state index contributed by atoms with van der Waals surface area (Å²) in [7, 11) is 0. The van der Waals surface area contributed by atoms with Gasteiger partial charge in [0.15, 0.2) is 0 Å². The lowest BCUT2D eigenvalue weighted by molar-refractivity contribution is -0.121. The van der Waals surface area contributed by atoms with Crippen molar-refractivity contribution in [3.63, 3.8) is 0 Å². The lowest BCUT2D eigenvalue weighted by Gasteiger charge is -2.35. The van der Waals surface area contributed by atoms with Crippen LogP contribution in [0.25, 0.3) is 0 Å². The number of fused-ring (bicyclic) bond motifs is 1. The molecule has 1 atom stereocenters. The molecule has 3 rings (SSSR count). The first-order chi connectivity index (χ1) is 12.5. The normalized spacial score (nSPS) is 20.6. The minimum Gasteiger partial charge on any atom is -0.356 e. The maximum Gasteiger partial charge on any atom is 0.261 e. The number of hydrogen-bond acceptors (Lipinski definition) is 4. The molecule has 0 spiro atoms. The minimum absolute atomic E-state index is 0.108. The summed E-state index contributed by atoms with van der Waals surface area (Å²) in [4.78, 5) is 40.4. The van der Waals surface area contributed by atoms with Crippen LogP contribution in [0.5, 0.6) is 0 Å². The van der Waals surface area contributed by atoms with Crippen LogP contribution in [0.2, 0.25) is 0 Å². The van der Waals surface area contributed by atoms with Gasteiger partial charge >= 0.3 is 0 Å². The highest BCUT2D eigenvalue weighted by atomic mass is 16.2. The number of imide groups is 1. The van der Waals surface area contributed by atoms with Crippen LogP contribution >= 0.6 is 0 Å². The van der Waals surface area contributed by atoms with E-state index in [1.807, 2.05) is 0 Å². The number of benzene rings is 1. The number of amides is 3. The second-order valence-electron chi connectivity index (χ2n) is 7.46. The standard InChI is InChI=1S/C20H27N3O3/c1-14(2)22-10-5-6-15(13-22)12-21-18(24)9-11-23-19(25)16-7-3-4-8-17(16)20(23)26/h3-4,7-8,14-15H,5-6,9-13H2,1-2H3,(H,21,24). The molecule has 6 heteroatoms. The first-order valence-corrected chi connectivity index (χ1v) is 9.43. The van der Waals surface area contributed by atoms with Crippen molar-refractivity contribution in [2.45, 2.75) is 39.2 Å². The summed E-state index contributed by atoms with van der Waals surface area (Å²) in [5, 5.41) is 2.97. The summed E-state index contributed by atoms with van der Waals surface area (Å²) >= 11 is 0. The molecule has 6 nitrogen and oxygen atoms in total. The number of rotatable bonds is 6. The van der Waals surface area contributed by atoms with E-state index in [2.05, 4.69) is 24.1 Å². The zero-order valence-electron chi connectivity index (χ0n) is 15.5. The Morgan fingerprint density at radius 1 is 1.19 bits per heavy atom. The summed E-state index contributed by atoms with van der Waals surface area (Å²) in [6.45, 7) is 7.31. The molecule has 1 unspecified atom stereocenters. The quantitative estimate of drug-likeness (QED) is 0.790. The SMILES string of the molecule is CC(C)N1CCCC(CNC(=O)CCN2C(=O)c3ccccc3C2=O)C1. The molecule has 140 valence electrons. The summed E-state index contributed by atoms with van der Waals surface area (Å²) in [5.74, 6) is -0.255. The van der Waals surface area contributed by atoms with Crippen molar-refractivity contribution in [2.24, 2.45) is 5.92 Å². The Morgan fingerprint density at radius 3 is 2.46 bits per heavy atom. The van der Waals surface area contributed by atoms with Crippen LogP contribution in [0.1, 0.15) is 53.8 Å². The van der Waals surface area contributed by atoms with E-state index in [-0.39, 0.29) is 30.7 Å². The Balaban J connectivity index is 1.45. The molecule has 1 fully saturated rings. The highest BCUT2D eigenvalue weighted by Crippen LogP contribution is 2.22. The van der Waals surface area contributed by atoms with Crippen molar-refractivity contribution >= 4 is 17.7 Å². The summed E-state index contributed by atoms with van der Waals surface area (Å²) < 4.78 is 0. The van der Waals surface area contributed by atoms with Crippen molar-refractivity contribution in [3.05, 3.63) is 35.4 Å². The largest absolute Gasteiger partial charge is 0.356 e. The average molecular weight is 357 g/mol. The van der Waals surface area contributed by atoms with Crippen molar-refractivity contribution in [3.8, 4) is 0 Å². The first kappa shape index (κ1) is 18.6. The smallest absolute Gasteiger partial charge is 0.261 e. The number of carbonyl (C=O) groups excluding carboxylic acids is 3. The van der Waals surface area contributed by atoms with E-state index in [0.717, 1.165) is 25.9 Å². The van der Waals surface area contributed by atoms with E-state index in [0.29, 0.717) is 29.6 Å². The van der Waals surface area contributed by atoms with Crippen LogP contribution in [0, 0.1) is 5.92 Å². The van der Waals surface area contributed by atoms with E-state index in [4.69, 9.17) is 0 Å². The Labute approximate surface area is 154 Å². The predicted octanol–water partition coefficient (Wildman–Crippen LogP) is 1.91. The summed E-state index contributed by atoms with van der Waals surface area (Å²) in [5.41, 5.74) is 0.850. The van der Waals surface area contributed by atoms with Crippen molar-refractivity contribution in [1.29, 1.82) is 0 Å². The predicted molar refractivity (Wildman–Crippen MR) is 98.9 cm³/mol. The molecule has 1 N–H and O–H groups in total. The van der Waals surface area contributed by atoms with Crippen molar-refractivity contribution in [2.75, 3.05) is 26.2 Å². The van der Waals surface area contributed by atoms with Crippen molar-refractivity contribution < 1.29 is 14.4 Å². The molecule has 0 bridgehead atoms. The number of nitrogens with one attached hydrogen (secondary N) is 1. The molecule has 0 radical (unpaired) electrons. The van der Waals surface area contributed by atoms with Gasteiger partial charge in [-0.15, -0.1) is 0 Å². The fraction of sp³-hybridized carbons (Fsp3) is 0.550. The fourth-order valence-corrected chi connectivity index (χ4v) is 3.74. The molecule has 0 saturated carbocycles. The second-order valence-corrected chi connectivity index (χ2v) is 7.46. The molecule has 2 aliphatic heterocycles. The van der Waals surface area contributed by atoms with Gasteiger partial charge in [-0.2, -0.15) is 0 Å². The lowest BCUT2D eigenvalue weighted by atomic mass is 9.97. The highest BCUT2D eigenvalue weighted by molar-refractivity contribution is 6.21. The monoisotopic (exact) mass is 357 g/mol. The molecular formula is C20H27N3O3. The van der Waals surface area contributed by atoms with Crippen LogP contribution in [-0.4, -0.2) is 59.7 Å². The van der Waals surface area contributed by atoms with Crippen LogP contribution in [0.4, 0.5) is 0 Å². The third kappa shape index (κ3) is 3.96. The molecular weight excluding hydrogens is 330 g/mol. The van der Waals surface area contributed by atoms with Crippen LogP contribution in [0.3, 0.4) is 0 Å². The summed E-state index contributed by atoms with van der Waals surface area (Å²) in [6, 6.07) is 7.32. The highest BCUT2D eigenvalue weighted by Gasteiger charge is 2.35. The molecule has 1 aromatic carbocycles. The van der Waals surface area contributed by atoms with Crippen molar-refractivity contribution in [1.82, 2.24) is 15.1 Å². The number of piperidine rings is 1. The number of nitrogens with zero attached hydrogens (tertiary/aromatic N) is 2. The average Bonchev–Trinajstić information content (AvgIpc) is 2.89. The van der Waals surface area contributed by atoms with Gasteiger partial charge in [-0.05, 0) is 51.3 Å². The minimum atomic E-state index is -0.307. The molecule has 2 heterocycles. The maximum absolute atomic E-state index is 12.3. The van der Waals surface area contributed by atoms with Crippen LogP contribution in [0.15, 0.2) is 24.3 Å². The van der Waals surface area contributed by atoms with E-state index < -0.39 is 0 Å². The van der Waals surface area contributed by atoms with E-state index in [9.17, 15) is 14.4 Å². The van der Waals surface area contributed by atoms with E-state index in [1.54, 1.807) is 24.3 Å². The maximum atomic E-state index is 12.3. The first-order valence-electron chi connectivity index (χ1n) is 9.43. The third-order valence-corrected chi connectivity index (χ3v) is 5.31. The molecule has 26 heavy (non-hydrogen) atoms. The molecule has 2 aliphatic rings. The summed E-state index contributed by atoms with van der Waals surface area (Å²) in [6.07, 6.45) is 2.43. The topological polar surface area (TPSA) is 69.7 Å².